The van der Waals surface area contributed by atoms with Crippen molar-refractivity contribution in [2.45, 2.75) is 61.2 Å². The lowest BCUT2D eigenvalue weighted by molar-refractivity contribution is -0.344. The molecule has 0 bridgehead atoms. The van der Waals surface area contributed by atoms with Gasteiger partial charge < -0.3 is 29.4 Å². The third-order valence-electron chi connectivity index (χ3n) is 4.50. The molecule has 10 heteroatoms. The number of carbonyl (C=O) groups is 2. The number of nitrogens with one attached hydrogen (secondary N) is 1. The van der Waals surface area contributed by atoms with Crippen LogP contribution < -0.4 is 5.32 Å². The number of rotatable bonds is 6. The van der Waals surface area contributed by atoms with Gasteiger partial charge in [-0.05, 0) is 38.1 Å². The maximum atomic E-state index is 11.9. The Morgan fingerprint density at radius 3 is 2.66 bits per heavy atom. The van der Waals surface area contributed by atoms with Crippen LogP contribution in [0.2, 0.25) is 0 Å². The van der Waals surface area contributed by atoms with Crippen LogP contribution in [0.5, 0.6) is 0 Å². The Labute approximate surface area is 181 Å². The molecule has 8 nitrogen and oxygen atoms in total. The van der Waals surface area contributed by atoms with Crippen LogP contribution in [-0.2, 0) is 28.5 Å². The number of halogens is 1. The highest BCUT2D eigenvalue weighted by atomic mass is 79.9. The number of amides is 1. The van der Waals surface area contributed by atoms with Gasteiger partial charge in [-0.2, -0.15) is 0 Å². The van der Waals surface area contributed by atoms with Gasteiger partial charge in [-0.3, -0.25) is 4.79 Å². The minimum atomic E-state index is -1.10. The van der Waals surface area contributed by atoms with Crippen LogP contribution >= 0.6 is 27.7 Å². The summed E-state index contributed by atoms with van der Waals surface area (Å²) in [6.45, 7) is 4.71. The van der Waals surface area contributed by atoms with Gasteiger partial charge >= 0.3 is 5.97 Å². The number of carbonyl (C=O) groups excluding carboxylic acids is 1. The minimum absolute atomic E-state index is 0.270. The van der Waals surface area contributed by atoms with E-state index in [0.29, 0.717) is 0 Å². The van der Waals surface area contributed by atoms with E-state index >= 15 is 0 Å². The SMILES string of the molecule is CC(=O)NC1C(Sc2ccc(Br)cc2)OC2COC(C)(C)OC2C1OCC(=O)O. The number of carboxylic acid groups (broad SMARTS) is 1. The lowest BCUT2D eigenvalue weighted by atomic mass is 9.96. The van der Waals surface area contributed by atoms with Crippen molar-refractivity contribution >= 4 is 39.6 Å². The van der Waals surface area contributed by atoms with Gasteiger partial charge in [0.15, 0.2) is 5.79 Å². The zero-order valence-electron chi connectivity index (χ0n) is 16.3. The molecular weight excluding hydrogens is 466 g/mol. The molecule has 2 fully saturated rings. The first-order chi connectivity index (χ1) is 13.6. The molecule has 0 saturated carbocycles. The molecule has 1 aromatic carbocycles. The summed E-state index contributed by atoms with van der Waals surface area (Å²) in [6.07, 6.45) is -1.76. The van der Waals surface area contributed by atoms with Gasteiger partial charge in [0.05, 0.1) is 12.6 Å². The summed E-state index contributed by atoms with van der Waals surface area (Å²) in [5, 5.41) is 12.0. The molecule has 0 aromatic heterocycles. The predicted molar refractivity (Wildman–Crippen MR) is 109 cm³/mol. The monoisotopic (exact) mass is 489 g/mol. The molecule has 5 unspecified atom stereocenters. The Kier molecular flexibility index (Phi) is 7.23. The quantitative estimate of drug-likeness (QED) is 0.627. The highest BCUT2D eigenvalue weighted by Gasteiger charge is 2.52. The number of fused-ring (bicyclic) bond motifs is 1. The van der Waals surface area contributed by atoms with Gasteiger partial charge in [0, 0.05) is 16.3 Å². The van der Waals surface area contributed by atoms with E-state index in [1.165, 1.54) is 18.7 Å². The van der Waals surface area contributed by atoms with Crippen LogP contribution in [0.1, 0.15) is 20.8 Å². The molecule has 5 atom stereocenters. The molecule has 2 heterocycles. The molecule has 2 saturated heterocycles. The number of carboxylic acids is 1. The van der Waals surface area contributed by atoms with E-state index in [-0.39, 0.29) is 12.5 Å². The molecule has 2 aliphatic rings. The summed E-state index contributed by atoms with van der Waals surface area (Å²) in [5.74, 6) is -2.24. The van der Waals surface area contributed by atoms with Gasteiger partial charge in [-0.1, -0.05) is 27.7 Å². The van der Waals surface area contributed by atoms with E-state index in [0.717, 1.165) is 9.37 Å². The Morgan fingerprint density at radius 2 is 2.03 bits per heavy atom. The van der Waals surface area contributed by atoms with Gasteiger partial charge in [0.2, 0.25) is 5.91 Å². The third kappa shape index (κ3) is 5.93. The number of benzene rings is 1. The fraction of sp³-hybridized carbons (Fsp3) is 0.579. The fourth-order valence-corrected chi connectivity index (χ4v) is 4.72. The van der Waals surface area contributed by atoms with E-state index in [1.807, 2.05) is 24.3 Å². The van der Waals surface area contributed by atoms with E-state index in [4.69, 9.17) is 24.1 Å². The second kappa shape index (κ2) is 9.32. The average molecular weight is 490 g/mol. The molecule has 1 aromatic rings. The first-order valence-electron chi connectivity index (χ1n) is 9.14. The van der Waals surface area contributed by atoms with Crippen molar-refractivity contribution in [3.63, 3.8) is 0 Å². The van der Waals surface area contributed by atoms with Crippen LogP contribution in [0, 0.1) is 0 Å². The minimum Gasteiger partial charge on any atom is -0.480 e. The van der Waals surface area contributed by atoms with E-state index in [9.17, 15) is 9.59 Å². The van der Waals surface area contributed by atoms with Crippen LogP contribution in [-0.4, -0.2) is 65.8 Å². The zero-order chi connectivity index (χ0) is 21.2. The van der Waals surface area contributed by atoms with Gasteiger partial charge in [-0.15, -0.1) is 0 Å². The molecule has 3 rings (SSSR count). The Hall–Kier alpha value is -1.17. The Balaban J connectivity index is 1.89. The molecule has 29 heavy (non-hydrogen) atoms. The molecule has 1 amide bonds. The summed E-state index contributed by atoms with van der Waals surface area (Å²) >= 11 is 4.83. The van der Waals surface area contributed by atoms with Crippen molar-refractivity contribution in [1.82, 2.24) is 5.32 Å². The first-order valence-corrected chi connectivity index (χ1v) is 10.8. The van der Waals surface area contributed by atoms with Crippen molar-refractivity contribution in [3.8, 4) is 0 Å². The molecule has 2 aliphatic heterocycles. The summed E-state index contributed by atoms with van der Waals surface area (Å²) in [7, 11) is 0. The van der Waals surface area contributed by atoms with Crippen LogP contribution in [0.25, 0.3) is 0 Å². The van der Waals surface area contributed by atoms with Gasteiger partial charge in [-0.25, -0.2) is 4.79 Å². The molecular formula is C19H24BrNO7S. The lowest BCUT2D eigenvalue weighted by Crippen LogP contribution is -2.68. The maximum absolute atomic E-state index is 11.9. The fourth-order valence-electron chi connectivity index (χ4n) is 3.33. The predicted octanol–water partition coefficient (Wildman–Crippen LogP) is 2.39. The molecule has 0 spiro atoms. The topological polar surface area (TPSA) is 103 Å². The number of hydrogen-bond donors (Lipinski definition) is 2. The van der Waals surface area contributed by atoms with E-state index in [1.54, 1.807) is 13.8 Å². The van der Waals surface area contributed by atoms with Crippen molar-refractivity contribution in [2.24, 2.45) is 0 Å². The second-order valence-corrected chi connectivity index (χ2v) is 9.39. The highest BCUT2D eigenvalue weighted by Crippen LogP contribution is 2.39. The number of ether oxygens (including phenoxy) is 4. The summed E-state index contributed by atoms with van der Waals surface area (Å²) < 4.78 is 24.6. The van der Waals surface area contributed by atoms with Crippen LogP contribution in [0.15, 0.2) is 33.6 Å². The number of aliphatic carboxylic acids is 1. The smallest absolute Gasteiger partial charge is 0.329 e. The average Bonchev–Trinajstić information content (AvgIpc) is 2.62. The second-order valence-electron chi connectivity index (χ2n) is 7.30. The molecule has 160 valence electrons. The van der Waals surface area contributed by atoms with Crippen molar-refractivity contribution < 1.29 is 33.6 Å². The highest BCUT2D eigenvalue weighted by molar-refractivity contribution is 9.10. The summed E-state index contributed by atoms with van der Waals surface area (Å²) in [4.78, 5) is 24.0. The van der Waals surface area contributed by atoms with Crippen molar-refractivity contribution in [3.05, 3.63) is 28.7 Å². The third-order valence-corrected chi connectivity index (χ3v) is 6.21. The summed E-state index contributed by atoms with van der Waals surface area (Å²) in [5.41, 5.74) is -0.520. The lowest BCUT2D eigenvalue weighted by Gasteiger charge is -2.51. The molecule has 0 aliphatic carbocycles. The standard InChI is InChI=1S/C19H24BrNO7S/c1-10(22)21-15-17(25-9-14(23)24)16-13(8-26-19(2,3)28-16)27-18(15)29-12-6-4-11(20)5-7-12/h4-7,13,15-18H,8-9H2,1-3H3,(H,21,22)(H,23,24). The van der Waals surface area contributed by atoms with Gasteiger partial charge in [0.1, 0.15) is 30.4 Å². The van der Waals surface area contributed by atoms with E-state index in [2.05, 4.69) is 21.2 Å². The van der Waals surface area contributed by atoms with Crippen molar-refractivity contribution in [2.75, 3.05) is 13.2 Å². The van der Waals surface area contributed by atoms with Crippen molar-refractivity contribution in [1.29, 1.82) is 0 Å². The number of thioether (sulfide) groups is 1. The largest absolute Gasteiger partial charge is 0.480 e. The Morgan fingerprint density at radius 1 is 1.34 bits per heavy atom. The number of hydrogen-bond acceptors (Lipinski definition) is 7. The van der Waals surface area contributed by atoms with Crippen LogP contribution in [0.3, 0.4) is 0 Å². The molecule has 2 N–H and O–H groups in total. The van der Waals surface area contributed by atoms with Crippen LogP contribution in [0.4, 0.5) is 0 Å². The van der Waals surface area contributed by atoms with E-state index < -0.39 is 48.2 Å². The normalized spacial score (nSPS) is 31.0. The zero-order valence-corrected chi connectivity index (χ0v) is 18.7. The summed E-state index contributed by atoms with van der Waals surface area (Å²) in [6, 6.07) is 7.07. The molecule has 0 radical (unpaired) electrons. The van der Waals surface area contributed by atoms with Gasteiger partial charge in [0.25, 0.3) is 0 Å². The maximum Gasteiger partial charge on any atom is 0.329 e. The first kappa shape index (κ1) is 22.5. The Bertz CT molecular complexity index is 745.